The van der Waals surface area contributed by atoms with Gasteiger partial charge in [-0.05, 0) is 53.8 Å². The van der Waals surface area contributed by atoms with Crippen LogP contribution >= 0.6 is 11.8 Å². The summed E-state index contributed by atoms with van der Waals surface area (Å²) < 4.78 is 5.91. The lowest BCUT2D eigenvalue weighted by Crippen LogP contribution is -2.47. The Morgan fingerprint density at radius 3 is 2.46 bits per heavy atom. The van der Waals surface area contributed by atoms with Gasteiger partial charge >= 0.3 is 0 Å². The van der Waals surface area contributed by atoms with Gasteiger partial charge in [0.1, 0.15) is 12.4 Å². The van der Waals surface area contributed by atoms with Crippen LogP contribution in [0.3, 0.4) is 0 Å². The summed E-state index contributed by atoms with van der Waals surface area (Å²) in [6, 6.07) is 28.9. The number of hydrogen-bond acceptors (Lipinski definition) is 5. The highest BCUT2D eigenvalue weighted by Crippen LogP contribution is 2.43. The number of amides is 1. The number of thioether (sulfide) groups is 1. The van der Waals surface area contributed by atoms with Crippen LogP contribution in [0.15, 0.2) is 89.5 Å². The van der Waals surface area contributed by atoms with E-state index in [-0.39, 0.29) is 11.8 Å². The molecule has 37 heavy (non-hydrogen) atoms. The van der Waals surface area contributed by atoms with Crippen molar-refractivity contribution in [3.05, 3.63) is 106 Å². The molecule has 0 aliphatic carbocycles. The molecule has 0 radical (unpaired) electrons. The minimum atomic E-state index is -0.233. The fourth-order valence-corrected chi connectivity index (χ4v) is 5.97. The normalized spacial score (nSPS) is 17.4. The molecule has 0 bridgehead atoms. The number of carbonyl (C=O) groups excluding carboxylic acids is 1. The maximum atomic E-state index is 13.3. The molecule has 1 fully saturated rings. The molecule has 188 valence electrons. The van der Waals surface area contributed by atoms with E-state index in [9.17, 15) is 10.1 Å². The van der Waals surface area contributed by atoms with Crippen LogP contribution in [0.1, 0.15) is 48.8 Å². The van der Waals surface area contributed by atoms with Crippen LogP contribution in [0.25, 0.3) is 0 Å². The fourth-order valence-electron chi connectivity index (χ4n) is 4.80. The minimum absolute atomic E-state index is 0.0557. The SMILES string of the molecule is CCCCc1ccc(N2CSC3=C(C#N)[C@H](c4ccc(OCc5ccccc5)cc4)CC(=O)N3C2)cc1. The molecule has 3 aromatic carbocycles. The second-order valence-electron chi connectivity index (χ2n) is 9.48. The van der Waals surface area contributed by atoms with Crippen molar-refractivity contribution in [2.45, 2.75) is 45.1 Å². The van der Waals surface area contributed by atoms with E-state index >= 15 is 0 Å². The van der Waals surface area contributed by atoms with Gasteiger partial charge in [0.2, 0.25) is 5.91 Å². The third kappa shape index (κ3) is 5.68. The molecule has 0 aromatic heterocycles. The van der Waals surface area contributed by atoms with Crippen LogP contribution in [0.5, 0.6) is 5.75 Å². The zero-order chi connectivity index (χ0) is 25.6. The molecule has 0 unspecified atom stereocenters. The molecular formula is C31H31N3O2S. The highest BCUT2D eigenvalue weighted by Gasteiger charge is 2.38. The Morgan fingerprint density at radius 1 is 1.00 bits per heavy atom. The summed E-state index contributed by atoms with van der Waals surface area (Å²) in [6.07, 6.45) is 3.76. The van der Waals surface area contributed by atoms with E-state index in [2.05, 4.69) is 42.2 Å². The summed E-state index contributed by atoms with van der Waals surface area (Å²) in [6.45, 7) is 3.18. The maximum Gasteiger partial charge on any atom is 0.229 e. The van der Waals surface area contributed by atoms with Gasteiger partial charge in [-0.15, -0.1) is 0 Å². The Hall–Kier alpha value is -3.69. The number of aryl methyl sites for hydroxylation is 1. The van der Waals surface area contributed by atoms with Gasteiger partial charge in [0.05, 0.1) is 29.2 Å². The van der Waals surface area contributed by atoms with Crippen LogP contribution < -0.4 is 9.64 Å². The van der Waals surface area contributed by atoms with Gasteiger partial charge in [-0.25, -0.2) is 0 Å². The number of fused-ring (bicyclic) bond motifs is 1. The van der Waals surface area contributed by atoms with E-state index in [1.807, 2.05) is 54.6 Å². The van der Waals surface area contributed by atoms with Crippen molar-refractivity contribution in [2.24, 2.45) is 0 Å². The van der Waals surface area contributed by atoms with E-state index in [1.165, 1.54) is 18.4 Å². The third-order valence-corrected chi connectivity index (χ3v) is 8.10. The fraction of sp³-hybridized carbons (Fsp3) is 0.290. The Balaban J connectivity index is 1.29. The molecule has 0 spiro atoms. The summed E-state index contributed by atoms with van der Waals surface area (Å²) in [4.78, 5) is 17.2. The van der Waals surface area contributed by atoms with Crippen molar-refractivity contribution >= 4 is 23.4 Å². The van der Waals surface area contributed by atoms with Gasteiger partial charge < -0.3 is 9.64 Å². The molecule has 0 N–H and O–H groups in total. The van der Waals surface area contributed by atoms with Crippen molar-refractivity contribution < 1.29 is 9.53 Å². The Labute approximate surface area is 223 Å². The number of hydrogen-bond donors (Lipinski definition) is 0. The number of allylic oxidation sites excluding steroid dienone is 1. The van der Waals surface area contributed by atoms with E-state index in [0.29, 0.717) is 31.1 Å². The maximum absolute atomic E-state index is 13.3. The smallest absolute Gasteiger partial charge is 0.229 e. The van der Waals surface area contributed by atoms with Crippen LogP contribution in [-0.4, -0.2) is 23.4 Å². The predicted octanol–water partition coefficient (Wildman–Crippen LogP) is 6.83. The van der Waals surface area contributed by atoms with Crippen LogP contribution in [0.2, 0.25) is 0 Å². The zero-order valence-electron chi connectivity index (χ0n) is 21.1. The summed E-state index contributed by atoms with van der Waals surface area (Å²) in [7, 11) is 0. The molecule has 5 nitrogen and oxygen atoms in total. The van der Waals surface area contributed by atoms with Gasteiger partial charge in [-0.1, -0.05) is 79.7 Å². The van der Waals surface area contributed by atoms with Crippen molar-refractivity contribution in [1.82, 2.24) is 4.90 Å². The lowest BCUT2D eigenvalue weighted by molar-refractivity contribution is -0.129. The molecule has 6 heteroatoms. The number of carbonyl (C=O) groups is 1. The summed E-state index contributed by atoms with van der Waals surface area (Å²) in [5, 5.41) is 10.9. The topological polar surface area (TPSA) is 56.6 Å². The highest BCUT2D eigenvalue weighted by atomic mass is 32.2. The van der Waals surface area contributed by atoms with E-state index < -0.39 is 0 Å². The van der Waals surface area contributed by atoms with E-state index in [0.717, 1.165) is 34.0 Å². The van der Waals surface area contributed by atoms with Crippen molar-refractivity contribution in [2.75, 3.05) is 17.4 Å². The third-order valence-electron chi connectivity index (χ3n) is 6.94. The molecule has 0 saturated carbocycles. The Kier molecular flexibility index (Phi) is 7.82. The monoisotopic (exact) mass is 509 g/mol. The number of benzene rings is 3. The lowest BCUT2D eigenvalue weighted by Gasteiger charge is -2.42. The first kappa shape index (κ1) is 25.0. The predicted molar refractivity (Wildman–Crippen MR) is 149 cm³/mol. The molecule has 2 heterocycles. The summed E-state index contributed by atoms with van der Waals surface area (Å²) >= 11 is 1.58. The lowest BCUT2D eigenvalue weighted by atomic mass is 9.86. The average molecular weight is 510 g/mol. The zero-order valence-corrected chi connectivity index (χ0v) is 21.9. The molecule has 5 rings (SSSR count). The van der Waals surface area contributed by atoms with E-state index in [4.69, 9.17) is 4.74 Å². The minimum Gasteiger partial charge on any atom is -0.489 e. The van der Waals surface area contributed by atoms with Crippen molar-refractivity contribution in [3.8, 4) is 11.8 Å². The second kappa shape index (κ2) is 11.6. The number of nitrogens with zero attached hydrogens (tertiary/aromatic N) is 3. The van der Waals surface area contributed by atoms with Gasteiger partial charge in [0.25, 0.3) is 0 Å². The average Bonchev–Trinajstić information content (AvgIpc) is 2.96. The van der Waals surface area contributed by atoms with Gasteiger partial charge in [-0.2, -0.15) is 5.26 Å². The van der Waals surface area contributed by atoms with E-state index in [1.54, 1.807) is 16.7 Å². The molecule has 1 saturated heterocycles. The first-order valence-corrected chi connectivity index (χ1v) is 13.8. The molecule has 1 atom stereocenters. The largest absolute Gasteiger partial charge is 0.489 e. The standard InChI is InChI=1S/C31H31N3O2S/c1-2-3-7-23-10-14-26(15-11-23)33-21-34-30(35)18-28(29(19-32)31(34)37-22-33)25-12-16-27(17-13-25)36-20-24-8-5-4-6-9-24/h4-6,8-17,28H,2-3,7,18,20-22H2,1H3/t28-/m0/s1. The number of ether oxygens (including phenoxy) is 1. The molecule has 1 amide bonds. The first-order valence-electron chi connectivity index (χ1n) is 12.8. The van der Waals surface area contributed by atoms with Gasteiger partial charge in [0, 0.05) is 18.0 Å². The summed E-state index contributed by atoms with van der Waals surface area (Å²) in [5.74, 6) is 1.30. The molecule has 3 aromatic rings. The number of anilines is 1. The molecule has 2 aliphatic rings. The number of nitriles is 1. The quantitative estimate of drug-likeness (QED) is 0.333. The summed E-state index contributed by atoms with van der Waals surface area (Å²) in [5.41, 5.74) is 5.20. The molecular weight excluding hydrogens is 478 g/mol. The number of unbranched alkanes of at least 4 members (excludes halogenated alkanes) is 1. The second-order valence-corrected chi connectivity index (χ2v) is 10.4. The van der Waals surface area contributed by atoms with Gasteiger partial charge in [0.15, 0.2) is 0 Å². The van der Waals surface area contributed by atoms with Gasteiger partial charge in [-0.3, -0.25) is 9.69 Å². The molecule has 2 aliphatic heterocycles. The van der Waals surface area contributed by atoms with Crippen LogP contribution in [0.4, 0.5) is 5.69 Å². The van der Waals surface area contributed by atoms with Crippen LogP contribution in [0, 0.1) is 11.3 Å². The highest BCUT2D eigenvalue weighted by molar-refractivity contribution is 8.03. The Bertz CT molecular complexity index is 1300. The first-order chi connectivity index (χ1) is 18.2. The Morgan fingerprint density at radius 2 is 1.76 bits per heavy atom. The van der Waals surface area contributed by atoms with Crippen molar-refractivity contribution in [1.29, 1.82) is 5.26 Å². The van der Waals surface area contributed by atoms with Crippen molar-refractivity contribution in [3.63, 3.8) is 0 Å². The van der Waals surface area contributed by atoms with Crippen LogP contribution in [-0.2, 0) is 17.8 Å². The number of rotatable bonds is 8.